The third kappa shape index (κ3) is 3.70. The number of hydrogen-bond acceptors (Lipinski definition) is 4. The monoisotopic (exact) mass is 343 g/mol. The fraction of sp³-hybridized carbons (Fsp3) is 0.389. The van der Waals surface area contributed by atoms with Crippen molar-refractivity contribution in [3.63, 3.8) is 0 Å². The van der Waals surface area contributed by atoms with Crippen LogP contribution in [0.5, 0.6) is 0 Å². The number of nitrogens with one attached hydrogen (secondary N) is 1. The number of fused-ring (bicyclic) bond motifs is 1. The van der Waals surface area contributed by atoms with Crippen LogP contribution in [0.4, 0.5) is 5.69 Å². The van der Waals surface area contributed by atoms with Crippen LogP contribution in [0, 0.1) is 0 Å². The minimum Gasteiger partial charge on any atom is -0.322 e. The Hall–Kier alpha value is -2.08. The standard InChI is InChI=1S/C18H21N3O2S/c1-2-3-4-5-13-6-8-14(9-7-13)20-16(22)15-12-19-18-21(17(15)23)10-11-24-18/h6-9,12H,2-5,10-11H2,1H3,(H,20,22). The zero-order valence-electron chi connectivity index (χ0n) is 13.7. The summed E-state index contributed by atoms with van der Waals surface area (Å²) < 4.78 is 1.57. The first-order chi connectivity index (χ1) is 11.7. The van der Waals surface area contributed by atoms with Gasteiger partial charge in [0.2, 0.25) is 0 Å². The summed E-state index contributed by atoms with van der Waals surface area (Å²) in [6.45, 7) is 2.80. The van der Waals surface area contributed by atoms with Gasteiger partial charge < -0.3 is 5.32 Å². The topological polar surface area (TPSA) is 64.0 Å². The van der Waals surface area contributed by atoms with E-state index in [-0.39, 0.29) is 11.1 Å². The van der Waals surface area contributed by atoms with Gasteiger partial charge in [0.1, 0.15) is 5.56 Å². The number of benzene rings is 1. The molecule has 1 amide bonds. The number of carbonyl (C=O) groups is 1. The Morgan fingerprint density at radius 3 is 2.83 bits per heavy atom. The maximum atomic E-state index is 12.4. The number of hydrogen-bond donors (Lipinski definition) is 1. The Labute approximate surface area is 145 Å². The molecule has 1 aliphatic rings. The molecular weight excluding hydrogens is 322 g/mol. The number of amides is 1. The molecule has 0 radical (unpaired) electrons. The molecule has 24 heavy (non-hydrogen) atoms. The zero-order chi connectivity index (χ0) is 16.9. The van der Waals surface area contributed by atoms with Gasteiger partial charge in [0.25, 0.3) is 11.5 Å². The molecule has 0 aliphatic carbocycles. The van der Waals surface area contributed by atoms with Crippen LogP contribution < -0.4 is 10.9 Å². The Morgan fingerprint density at radius 1 is 1.29 bits per heavy atom. The SMILES string of the molecule is CCCCCc1ccc(NC(=O)c2cnc3n(c2=O)CCS3)cc1. The molecule has 0 spiro atoms. The highest BCUT2D eigenvalue weighted by molar-refractivity contribution is 7.99. The van der Waals surface area contributed by atoms with Gasteiger partial charge in [-0.25, -0.2) is 4.98 Å². The van der Waals surface area contributed by atoms with Crippen molar-refractivity contribution in [2.45, 2.75) is 44.3 Å². The van der Waals surface area contributed by atoms with Gasteiger partial charge >= 0.3 is 0 Å². The Bertz CT molecular complexity index is 784. The van der Waals surface area contributed by atoms with E-state index in [1.165, 1.54) is 42.8 Å². The van der Waals surface area contributed by atoms with Crippen LogP contribution in [0.25, 0.3) is 0 Å². The highest BCUT2D eigenvalue weighted by atomic mass is 32.2. The number of aromatic nitrogens is 2. The van der Waals surface area contributed by atoms with Crippen LogP contribution in [0.2, 0.25) is 0 Å². The van der Waals surface area contributed by atoms with Crippen LogP contribution in [-0.4, -0.2) is 21.2 Å². The molecule has 1 aromatic heterocycles. The Kier molecular flexibility index (Phi) is 5.35. The van der Waals surface area contributed by atoms with Crippen LogP contribution in [0.1, 0.15) is 42.1 Å². The van der Waals surface area contributed by atoms with Crippen molar-refractivity contribution in [2.75, 3.05) is 11.1 Å². The molecular formula is C18H21N3O2S. The van der Waals surface area contributed by atoms with Crippen LogP contribution in [0.3, 0.4) is 0 Å². The van der Waals surface area contributed by atoms with Gasteiger partial charge in [0.15, 0.2) is 5.16 Å². The predicted octanol–water partition coefficient (Wildman–Crippen LogP) is 3.33. The van der Waals surface area contributed by atoms with E-state index < -0.39 is 5.91 Å². The highest BCUT2D eigenvalue weighted by Crippen LogP contribution is 2.20. The maximum absolute atomic E-state index is 12.4. The van der Waals surface area contributed by atoms with E-state index >= 15 is 0 Å². The largest absolute Gasteiger partial charge is 0.322 e. The van der Waals surface area contributed by atoms with E-state index in [1.54, 1.807) is 4.57 Å². The zero-order valence-corrected chi connectivity index (χ0v) is 14.6. The molecule has 126 valence electrons. The summed E-state index contributed by atoms with van der Waals surface area (Å²) in [5.41, 5.74) is 1.78. The summed E-state index contributed by atoms with van der Waals surface area (Å²) in [6.07, 6.45) is 6.04. The molecule has 0 atom stereocenters. The van der Waals surface area contributed by atoms with Crippen molar-refractivity contribution in [3.8, 4) is 0 Å². The molecule has 5 nitrogen and oxygen atoms in total. The second kappa shape index (κ2) is 7.66. The summed E-state index contributed by atoms with van der Waals surface area (Å²) in [4.78, 5) is 28.9. The number of carbonyl (C=O) groups excluding carboxylic acids is 1. The van der Waals surface area contributed by atoms with Crippen molar-refractivity contribution in [1.82, 2.24) is 9.55 Å². The van der Waals surface area contributed by atoms with E-state index in [4.69, 9.17) is 0 Å². The highest BCUT2D eigenvalue weighted by Gasteiger charge is 2.19. The molecule has 1 aromatic carbocycles. The lowest BCUT2D eigenvalue weighted by molar-refractivity contribution is 0.102. The Balaban J connectivity index is 1.68. The molecule has 1 N–H and O–H groups in total. The van der Waals surface area contributed by atoms with Gasteiger partial charge in [0.05, 0.1) is 0 Å². The fourth-order valence-corrected chi connectivity index (χ4v) is 3.62. The molecule has 6 heteroatoms. The van der Waals surface area contributed by atoms with Gasteiger partial charge in [-0.3, -0.25) is 14.2 Å². The van der Waals surface area contributed by atoms with Crippen molar-refractivity contribution in [2.24, 2.45) is 0 Å². The van der Waals surface area contributed by atoms with Crippen molar-refractivity contribution >= 4 is 23.4 Å². The molecule has 0 saturated heterocycles. The van der Waals surface area contributed by atoms with Gasteiger partial charge in [-0.2, -0.15) is 0 Å². The van der Waals surface area contributed by atoms with Crippen LogP contribution in [0.15, 0.2) is 40.4 Å². The number of rotatable bonds is 6. The normalized spacial score (nSPS) is 12.9. The number of aryl methyl sites for hydroxylation is 1. The number of anilines is 1. The number of nitrogens with zero attached hydrogens (tertiary/aromatic N) is 2. The van der Waals surface area contributed by atoms with Gasteiger partial charge in [0, 0.05) is 24.2 Å². The predicted molar refractivity (Wildman–Crippen MR) is 96.8 cm³/mol. The molecule has 0 unspecified atom stereocenters. The van der Waals surface area contributed by atoms with E-state index in [1.807, 2.05) is 24.3 Å². The lowest BCUT2D eigenvalue weighted by atomic mass is 10.1. The first-order valence-corrected chi connectivity index (χ1v) is 9.30. The smallest absolute Gasteiger partial charge is 0.267 e. The summed E-state index contributed by atoms with van der Waals surface area (Å²) >= 11 is 1.54. The summed E-state index contributed by atoms with van der Waals surface area (Å²) in [7, 11) is 0. The van der Waals surface area contributed by atoms with Gasteiger partial charge in [-0.05, 0) is 30.5 Å². The van der Waals surface area contributed by atoms with Gasteiger partial charge in [-0.1, -0.05) is 43.7 Å². The molecule has 2 aromatic rings. The van der Waals surface area contributed by atoms with Crippen LogP contribution >= 0.6 is 11.8 Å². The molecule has 0 bridgehead atoms. The third-order valence-corrected chi connectivity index (χ3v) is 5.05. The quantitative estimate of drug-likeness (QED) is 0.645. The summed E-state index contributed by atoms with van der Waals surface area (Å²) in [5, 5.41) is 3.47. The maximum Gasteiger partial charge on any atom is 0.267 e. The average Bonchev–Trinajstić information content (AvgIpc) is 3.06. The lowest BCUT2D eigenvalue weighted by Gasteiger charge is -2.08. The second-order valence-electron chi connectivity index (χ2n) is 5.87. The molecule has 1 aliphatic heterocycles. The van der Waals surface area contributed by atoms with Crippen molar-refractivity contribution < 1.29 is 4.79 Å². The van der Waals surface area contributed by atoms with E-state index in [0.29, 0.717) is 17.4 Å². The van der Waals surface area contributed by atoms with Gasteiger partial charge in [-0.15, -0.1) is 0 Å². The molecule has 0 fully saturated rings. The summed E-state index contributed by atoms with van der Waals surface area (Å²) in [5.74, 6) is 0.422. The minimum atomic E-state index is -0.404. The first kappa shape index (κ1) is 16.8. The number of unbranched alkanes of at least 4 members (excludes halogenated alkanes) is 2. The Morgan fingerprint density at radius 2 is 2.08 bits per heavy atom. The third-order valence-electron chi connectivity index (χ3n) is 4.08. The molecule has 3 rings (SSSR count). The van der Waals surface area contributed by atoms with E-state index in [2.05, 4.69) is 17.2 Å². The fourth-order valence-electron chi connectivity index (χ4n) is 2.71. The number of thioether (sulfide) groups is 1. The minimum absolute atomic E-state index is 0.0910. The second-order valence-corrected chi connectivity index (χ2v) is 6.93. The summed E-state index contributed by atoms with van der Waals surface area (Å²) in [6, 6.07) is 7.81. The van der Waals surface area contributed by atoms with E-state index in [0.717, 1.165) is 12.2 Å². The van der Waals surface area contributed by atoms with Crippen LogP contribution in [-0.2, 0) is 13.0 Å². The van der Waals surface area contributed by atoms with E-state index in [9.17, 15) is 9.59 Å². The molecule has 2 heterocycles. The first-order valence-electron chi connectivity index (χ1n) is 8.32. The lowest BCUT2D eigenvalue weighted by Crippen LogP contribution is -2.29. The van der Waals surface area contributed by atoms with Crippen molar-refractivity contribution in [1.29, 1.82) is 0 Å². The average molecular weight is 343 g/mol. The molecule has 0 saturated carbocycles. The van der Waals surface area contributed by atoms with Crippen molar-refractivity contribution in [3.05, 3.63) is 51.9 Å².